The highest BCUT2D eigenvalue weighted by Gasteiger charge is 2.25. The van der Waals surface area contributed by atoms with Crippen molar-refractivity contribution >= 4 is 39.9 Å². The molecule has 3 heterocycles. The van der Waals surface area contributed by atoms with Crippen LogP contribution in [0.5, 0.6) is 11.5 Å². The van der Waals surface area contributed by atoms with E-state index >= 15 is 0 Å². The minimum absolute atomic E-state index is 0.0277. The molecule has 204 valence electrons. The summed E-state index contributed by atoms with van der Waals surface area (Å²) in [6.07, 6.45) is 12.0. The molecule has 9 nitrogen and oxygen atoms in total. The lowest BCUT2D eigenvalue weighted by Crippen LogP contribution is -2.49. The Hall–Kier alpha value is -3.62. The van der Waals surface area contributed by atoms with E-state index in [9.17, 15) is 9.18 Å². The fourth-order valence-corrected chi connectivity index (χ4v) is 4.74. The maximum Gasteiger partial charge on any atom is 0.228 e. The van der Waals surface area contributed by atoms with Gasteiger partial charge in [0.05, 0.1) is 14.2 Å². The van der Waals surface area contributed by atoms with Gasteiger partial charge in [0.25, 0.3) is 0 Å². The van der Waals surface area contributed by atoms with Gasteiger partial charge in [-0.2, -0.15) is 16.3 Å². The second kappa shape index (κ2) is 13.8. The van der Waals surface area contributed by atoms with Crippen LogP contribution in [-0.2, 0) is 11.2 Å². The van der Waals surface area contributed by atoms with E-state index in [0.717, 1.165) is 18.9 Å². The molecule has 1 aliphatic carbocycles. The number of nitrogen functional groups attached to an aromatic ring is 1. The molecule has 2 aromatic heterocycles. The van der Waals surface area contributed by atoms with Crippen molar-refractivity contribution in [1.82, 2.24) is 14.9 Å². The Bertz CT molecular complexity index is 1220. The summed E-state index contributed by atoms with van der Waals surface area (Å²) in [7, 11) is 2.79. The largest absolute Gasteiger partial charge is 0.493 e. The molecule has 38 heavy (non-hydrogen) atoms. The van der Waals surface area contributed by atoms with Crippen molar-refractivity contribution in [1.29, 1.82) is 0 Å². The van der Waals surface area contributed by atoms with Crippen LogP contribution in [0.3, 0.4) is 0 Å². The number of rotatable bonds is 7. The number of benzene rings is 1. The summed E-state index contributed by atoms with van der Waals surface area (Å²) in [4.78, 5) is 25.1. The maximum atomic E-state index is 15.0. The Morgan fingerprint density at radius 1 is 1.18 bits per heavy atom. The van der Waals surface area contributed by atoms with Crippen LogP contribution in [0, 0.1) is 24.6 Å². The van der Waals surface area contributed by atoms with E-state index in [2.05, 4.69) is 28.2 Å². The van der Waals surface area contributed by atoms with Crippen LogP contribution in [-0.4, -0.2) is 67.7 Å². The predicted octanol–water partition coefficient (Wildman–Crippen LogP) is 3.32. The number of fused-ring (bicyclic) bond motifs is 1. The van der Waals surface area contributed by atoms with Crippen LogP contribution in [0.1, 0.15) is 24.8 Å². The van der Waals surface area contributed by atoms with Gasteiger partial charge in [0, 0.05) is 38.0 Å². The molecule has 1 saturated carbocycles. The number of terminal acetylenes is 1. The van der Waals surface area contributed by atoms with Crippen LogP contribution in [0.2, 0.25) is 0 Å². The number of aromatic nitrogens is 2. The molecule has 1 amide bonds. The number of hydrogen-bond acceptors (Lipinski definition) is 9. The van der Waals surface area contributed by atoms with Gasteiger partial charge in [0.2, 0.25) is 11.9 Å². The van der Waals surface area contributed by atoms with Gasteiger partial charge >= 0.3 is 0 Å². The number of nitrogens with zero attached hydrogens (tertiary/aromatic N) is 4. The summed E-state index contributed by atoms with van der Waals surface area (Å²) in [6, 6.07) is 3.61. The number of nitrogens with two attached hydrogens (primary N) is 2. The van der Waals surface area contributed by atoms with Gasteiger partial charge < -0.3 is 30.7 Å². The number of carbonyl (C=O) groups excluding carboxylic acids is 1. The van der Waals surface area contributed by atoms with Crippen molar-refractivity contribution in [2.45, 2.75) is 25.7 Å². The average Bonchev–Trinajstić information content (AvgIpc) is 3.66. The number of amides is 1. The van der Waals surface area contributed by atoms with E-state index < -0.39 is 5.82 Å². The third kappa shape index (κ3) is 7.02. The minimum atomic E-state index is -0.644. The summed E-state index contributed by atoms with van der Waals surface area (Å²) in [5, 5.41) is 4.44. The number of anilines is 2. The van der Waals surface area contributed by atoms with Gasteiger partial charge in [-0.1, -0.05) is 0 Å². The first-order valence-corrected chi connectivity index (χ1v) is 13.3. The number of halogens is 1. The Balaban J connectivity index is 0.000000504. The second-order valence-corrected chi connectivity index (χ2v) is 9.69. The van der Waals surface area contributed by atoms with Gasteiger partial charge in [0.15, 0.2) is 17.3 Å². The van der Waals surface area contributed by atoms with Gasteiger partial charge in [-0.3, -0.25) is 4.79 Å². The lowest BCUT2D eigenvalue weighted by atomic mass is 10.1. The fourth-order valence-electron chi connectivity index (χ4n) is 4.03. The highest BCUT2D eigenvalue weighted by molar-refractivity contribution is 7.07. The molecule has 0 bridgehead atoms. The minimum Gasteiger partial charge on any atom is -0.493 e. The molecule has 5 rings (SSSR count). The van der Waals surface area contributed by atoms with Gasteiger partial charge in [-0.25, -0.2) is 9.37 Å². The van der Waals surface area contributed by atoms with Crippen molar-refractivity contribution in [3.63, 3.8) is 0 Å². The number of carbonyl (C=O) groups is 1. The quantitative estimate of drug-likeness (QED) is 0.437. The van der Waals surface area contributed by atoms with E-state index in [0.29, 0.717) is 43.9 Å². The zero-order valence-corrected chi connectivity index (χ0v) is 22.7. The van der Waals surface area contributed by atoms with Crippen molar-refractivity contribution in [3.05, 3.63) is 34.3 Å². The number of methoxy groups -OCH3 is 2. The number of piperazine rings is 1. The van der Waals surface area contributed by atoms with Crippen LogP contribution in [0.25, 0.3) is 10.9 Å². The monoisotopic (exact) mass is 542 g/mol. The molecule has 1 aliphatic heterocycles. The van der Waals surface area contributed by atoms with Crippen molar-refractivity contribution < 1.29 is 18.7 Å². The smallest absolute Gasteiger partial charge is 0.228 e. The number of hydrogen-bond donors (Lipinski definition) is 2. The summed E-state index contributed by atoms with van der Waals surface area (Å²) in [5.74, 6) is 1.10. The zero-order chi connectivity index (χ0) is 27.7. The van der Waals surface area contributed by atoms with Crippen LogP contribution in [0.4, 0.5) is 16.2 Å². The molecule has 3 aromatic rings. The third-order valence-electron chi connectivity index (χ3n) is 6.45. The van der Waals surface area contributed by atoms with Gasteiger partial charge in [0.1, 0.15) is 11.3 Å². The molecule has 11 heteroatoms. The molecular formula is C27H35FN6O3S. The van der Waals surface area contributed by atoms with Crippen LogP contribution in [0.15, 0.2) is 22.9 Å². The van der Waals surface area contributed by atoms with E-state index in [-0.39, 0.29) is 28.7 Å². The maximum absolute atomic E-state index is 15.0. The molecule has 0 spiro atoms. The highest BCUT2D eigenvalue weighted by atomic mass is 32.1. The topological polar surface area (TPSA) is 120 Å². The normalized spacial score (nSPS) is 14.7. The average molecular weight is 543 g/mol. The molecule has 0 atom stereocenters. The molecule has 0 unspecified atom stereocenters. The molecule has 1 saturated heterocycles. The van der Waals surface area contributed by atoms with E-state index in [1.807, 2.05) is 21.2 Å². The second-order valence-electron chi connectivity index (χ2n) is 8.91. The lowest BCUT2D eigenvalue weighted by Gasteiger charge is -2.35. The predicted molar refractivity (Wildman–Crippen MR) is 150 cm³/mol. The van der Waals surface area contributed by atoms with E-state index in [1.165, 1.54) is 32.6 Å². The lowest BCUT2D eigenvalue weighted by molar-refractivity contribution is -0.131. The molecule has 2 aliphatic rings. The van der Waals surface area contributed by atoms with Crippen LogP contribution >= 0.6 is 11.3 Å². The van der Waals surface area contributed by atoms with Crippen molar-refractivity contribution in [2.24, 2.45) is 11.7 Å². The number of aryl methyl sites for hydroxylation is 1. The SMILES string of the molecule is C#C.COc1cc2c(N)nc(N3CCN(C(=O)CCc4ccsc4)CC3)nc2c(F)c1OC.NCC1CC1. The Kier molecular flexibility index (Phi) is 10.5. The summed E-state index contributed by atoms with van der Waals surface area (Å²) in [6.45, 7) is 3.12. The first kappa shape index (κ1) is 28.9. The standard InChI is InChI=1S/C21H24FN5O3S.C4H9N.C2H2/c1-29-15-11-14-18(17(22)19(15)30-2)24-21(25-20(14)23)27-8-6-26(7-9-27)16(28)4-3-13-5-10-31-12-13;5-3-4-1-2-4;1-2/h5,10-12H,3-4,6-9H2,1-2H3,(H2,23,24,25);4H,1-3,5H2;1-2H. The fraction of sp³-hybridized carbons (Fsp3) is 0.444. The molecule has 0 radical (unpaired) electrons. The summed E-state index contributed by atoms with van der Waals surface area (Å²) in [5.41, 5.74) is 12.6. The van der Waals surface area contributed by atoms with E-state index in [1.54, 1.807) is 17.4 Å². The molecular weight excluding hydrogens is 507 g/mol. The summed E-state index contributed by atoms with van der Waals surface area (Å²) >= 11 is 1.63. The highest BCUT2D eigenvalue weighted by Crippen LogP contribution is 2.37. The van der Waals surface area contributed by atoms with E-state index in [4.69, 9.17) is 20.9 Å². The Morgan fingerprint density at radius 3 is 2.42 bits per heavy atom. The first-order chi connectivity index (χ1) is 18.4. The first-order valence-electron chi connectivity index (χ1n) is 12.4. The molecule has 1 aromatic carbocycles. The Morgan fingerprint density at radius 2 is 1.89 bits per heavy atom. The zero-order valence-electron chi connectivity index (χ0n) is 21.9. The third-order valence-corrected chi connectivity index (χ3v) is 7.18. The molecule has 4 N–H and O–H groups in total. The van der Waals surface area contributed by atoms with Gasteiger partial charge in [-0.15, -0.1) is 12.8 Å². The number of ether oxygens (including phenoxy) is 2. The summed E-state index contributed by atoms with van der Waals surface area (Å²) < 4.78 is 25.3. The van der Waals surface area contributed by atoms with Crippen molar-refractivity contribution in [2.75, 3.05) is 57.6 Å². The van der Waals surface area contributed by atoms with Crippen LogP contribution < -0.4 is 25.8 Å². The molecule has 2 fully saturated rings. The number of thiophene rings is 1. The Labute approximate surface area is 226 Å². The van der Waals surface area contributed by atoms with Gasteiger partial charge in [-0.05, 0) is 60.2 Å². The van der Waals surface area contributed by atoms with Crippen molar-refractivity contribution in [3.8, 4) is 24.3 Å².